The van der Waals surface area contributed by atoms with Crippen molar-refractivity contribution in [1.82, 2.24) is 9.88 Å². The predicted molar refractivity (Wildman–Crippen MR) is 78.8 cm³/mol. The van der Waals surface area contributed by atoms with E-state index in [-0.39, 0.29) is 17.2 Å². The summed E-state index contributed by atoms with van der Waals surface area (Å²) in [6.07, 6.45) is 2.66. The molecule has 0 saturated carbocycles. The van der Waals surface area contributed by atoms with Crippen LogP contribution in [0.3, 0.4) is 0 Å². The number of carbonyl (C=O) groups excluding carboxylic acids is 2. The molecule has 114 valence electrons. The molecular formula is C15H19N2O3S-. The van der Waals surface area contributed by atoms with Crippen molar-refractivity contribution in [3.8, 4) is 0 Å². The number of rotatable bonds is 4. The van der Waals surface area contributed by atoms with E-state index >= 15 is 0 Å². The number of carboxylic acid groups (broad SMARTS) is 1. The largest absolute Gasteiger partial charge is 0.545 e. The lowest BCUT2D eigenvalue weighted by atomic mass is 9.92. The van der Waals surface area contributed by atoms with Crippen molar-refractivity contribution in [2.45, 2.75) is 25.3 Å². The minimum atomic E-state index is -1.27. The van der Waals surface area contributed by atoms with Crippen molar-refractivity contribution in [3.05, 3.63) is 23.9 Å². The zero-order valence-electron chi connectivity index (χ0n) is 12.2. The summed E-state index contributed by atoms with van der Waals surface area (Å²) in [5.74, 6) is -0.00391. The second-order valence-electron chi connectivity index (χ2n) is 5.68. The molecule has 2 heterocycles. The smallest absolute Gasteiger partial charge is 0.233 e. The first-order valence-corrected chi connectivity index (χ1v) is 8.03. The van der Waals surface area contributed by atoms with Crippen LogP contribution in [0, 0.1) is 11.8 Å². The molecule has 1 aromatic heterocycles. The fraction of sp³-hybridized carbons (Fsp3) is 0.533. The highest BCUT2D eigenvalue weighted by Crippen LogP contribution is 2.24. The molecule has 21 heavy (non-hydrogen) atoms. The molecule has 6 heteroatoms. The van der Waals surface area contributed by atoms with Crippen molar-refractivity contribution >= 4 is 23.6 Å². The van der Waals surface area contributed by atoms with Crippen LogP contribution < -0.4 is 5.11 Å². The summed E-state index contributed by atoms with van der Waals surface area (Å²) in [6.45, 7) is 5.85. The Morgan fingerprint density at radius 3 is 2.67 bits per heavy atom. The number of pyridine rings is 1. The highest BCUT2D eigenvalue weighted by atomic mass is 32.2. The van der Waals surface area contributed by atoms with Crippen LogP contribution in [0.25, 0.3) is 0 Å². The molecule has 0 radical (unpaired) electrons. The fourth-order valence-electron chi connectivity index (χ4n) is 2.75. The van der Waals surface area contributed by atoms with E-state index in [0.717, 1.165) is 31.3 Å². The Kier molecular flexibility index (Phi) is 5.22. The molecule has 1 aliphatic rings. The summed E-state index contributed by atoms with van der Waals surface area (Å²) in [5.41, 5.74) is 0.0377. The first-order valence-electron chi connectivity index (χ1n) is 7.04. The summed E-state index contributed by atoms with van der Waals surface area (Å²) in [5, 5.41) is 11.3. The third-order valence-electron chi connectivity index (χ3n) is 3.54. The molecule has 0 N–H and O–H groups in total. The van der Waals surface area contributed by atoms with E-state index in [1.54, 1.807) is 6.07 Å². The fourth-order valence-corrected chi connectivity index (χ4v) is 3.63. The van der Waals surface area contributed by atoms with Gasteiger partial charge >= 0.3 is 0 Å². The van der Waals surface area contributed by atoms with Gasteiger partial charge in [0.05, 0.1) is 11.7 Å². The minimum absolute atomic E-state index is 0.0355. The van der Waals surface area contributed by atoms with E-state index in [2.05, 4.69) is 18.8 Å². The number of nitrogens with zero attached hydrogens (tertiary/aromatic N) is 2. The molecule has 1 amide bonds. The number of amides is 1. The molecule has 2 unspecified atom stereocenters. The molecule has 1 fully saturated rings. The van der Waals surface area contributed by atoms with Crippen LogP contribution in [0.4, 0.5) is 0 Å². The van der Waals surface area contributed by atoms with Gasteiger partial charge in [-0.1, -0.05) is 25.6 Å². The summed E-state index contributed by atoms with van der Waals surface area (Å²) >= 11 is 1.16. The van der Waals surface area contributed by atoms with Gasteiger partial charge in [-0.25, -0.2) is 4.98 Å². The first kappa shape index (κ1) is 15.8. The zero-order chi connectivity index (χ0) is 15.4. The average molecular weight is 307 g/mol. The normalized spacial score (nSPS) is 22.1. The Morgan fingerprint density at radius 2 is 2.05 bits per heavy atom. The Morgan fingerprint density at radius 1 is 1.38 bits per heavy atom. The van der Waals surface area contributed by atoms with Crippen molar-refractivity contribution in [3.63, 3.8) is 0 Å². The number of hydrogen-bond donors (Lipinski definition) is 0. The van der Waals surface area contributed by atoms with Gasteiger partial charge in [0, 0.05) is 24.8 Å². The summed E-state index contributed by atoms with van der Waals surface area (Å²) < 4.78 is 0. The van der Waals surface area contributed by atoms with Crippen LogP contribution in [-0.4, -0.2) is 40.6 Å². The highest BCUT2D eigenvalue weighted by Gasteiger charge is 2.25. The van der Waals surface area contributed by atoms with Crippen molar-refractivity contribution in [1.29, 1.82) is 0 Å². The van der Waals surface area contributed by atoms with Crippen molar-refractivity contribution < 1.29 is 14.7 Å². The molecular weight excluding hydrogens is 288 g/mol. The van der Waals surface area contributed by atoms with E-state index in [1.165, 1.54) is 12.3 Å². The Labute approximate surface area is 128 Å². The van der Waals surface area contributed by atoms with Gasteiger partial charge in [-0.3, -0.25) is 4.79 Å². The summed E-state index contributed by atoms with van der Waals surface area (Å²) in [6, 6.07) is 2.99. The van der Waals surface area contributed by atoms with E-state index < -0.39 is 5.97 Å². The van der Waals surface area contributed by atoms with Gasteiger partial charge in [0.15, 0.2) is 0 Å². The average Bonchev–Trinajstić information content (AvgIpc) is 2.43. The van der Waals surface area contributed by atoms with Crippen LogP contribution >= 0.6 is 11.8 Å². The van der Waals surface area contributed by atoms with E-state index in [9.17, 15) is 14.7 Å². The minimum Gasteiger partial charge on any atom is -0.545 e. The number of aromatic nitrogens is 1. The topological polar surface area (TPSA) is 73.3 Å². The predicted octanol–water partition coefficient (Wildman–Crippen LogP) is 1.04. The lowest BCUT2D eigenvalue weighted by Crippen LogP contribution is -2.43. The molecule has 1 aromatic rings. The van der Waals surface area contributed by atoms with E-state index in [0.29, 0.717) is 16.9 Å². The number of aromatic carboxylic acids is 1. The summed E-state index contributed by atoms with van der Waals surface area (Å²) in [4.78, 5) is 29.1. The maximum absolute atomic E-state index is 12.3. The SMILES string of the molecule is CC1CC(C)CN(C(=O)CSc2ncccc2C(=O)[O-])C1. The number of piperidine rings is 1. The molecule has 2 rings (SSSR count). The van der Waals surface area contributed by atoms with Crippen LogP contribution in [0.1, 0.15) is 30.6 Å². The van der Waals surface area contributed by atoms with Crippen LogP contribution in [0.2, 0.25) is 0 Å². The number of thioether (sulfide) groups is 1. The molecule has 0 spiro atoms. The molecule has 1 aliphatic heterocycles. The van der Waals surface area contributed by atoms with Gasteiger partial charge in [0.2, 0.25) is 5.91 Å². The Hall–Kier alpha value is -1.56. The highest BCUT2D eigenvalue weighted by molar-refractivity contribution is 8.00. The Balaban J connectivity index is 1.97. The van der Waals surface area contributed by atoms with Crippen molar-refractivity contribution in [2.75, 3.05) is 18.8 Å². The van der Waals surface area contributed by atoms with Crippen LogP contribution in [0.15, 0.2) is 23.4 Å². The van der Waals surface area contributed by atoms with E-state index in [4.69, 9.17) is 0 Å². The van der Waals surface area contributed by atoms with Crippen molar-refractivity contribution in [2.24, 2.45) is 11.8 Å². The number of hydrogen-bond acceptors (Lipinski definition) is 5. The van der Waals surface area contributed by atoms with Gasteiger partial charge in [-0.2, -0.15) is 0 Å². The molecule has 5 nitrogen and oxygen atoms in total. The van der Waals surface area contributed by atoms with Gasteiger partial charge in [-0.15, -0.1) is 0 Å². The number of likely N-dealkylation sites (tertiary alicyclic amines) is 1. The van der Waals surface area contributed by atoms with Gasteiger partial charge in [0.1, 0.15) is 5.03 Å². The summed E-state index contributed by atoms with van der Waals surface area (Å²) in [7, 11) is 0. The van der Waals surface area contributed by atoms with Crippen LogP contribution in [0.5, 0.6) is 0 Å². The second-order valence-corrected chi connectivity index (χ2v) is 6.64. The molecule has 0 aliphatic carbocycles. The lowest BCUT2D eigenvalue weighted by molar-refractivity contribution is -0.255. The zero-order valence-corrected chi connectivity index (χ0v) is 13.1. The molecule has 0 aromatic carbocycles. The lowest BCUT2D eigenvalue weighted by Gasteiger charge is -2.35. The Bertz CT molecular complexity index is 525. The maximum Gasteiger partial charge on any atom is 0.233 e. The quantitative estimate of drug-likeness (QED) is 0.777. The van der Waals surface area contributed by atoms with Gasteiger partial charge in [0.25, 0.3) is 0 Å². The monoisotopic (exact) mass is 307 g/mol. The molecule has 2 atom stereocenters. The number of carbonyl (C=O) groups is 2. The van der Waals surface area contributed by atoms with E-state index in [1.807, 2.05) is 4.90 Å². The molecule has 0 bridgehead atoms. The molecule has 1 saturated heterocycles. The van der Waals surface area contributed by atoms with Gasteiger partial charge in [-0.05, 0) is 30.4 Å². The standard InChI is InChI=1S/C15H20N2O3S/c1-10-6-11(2)8-17(7-10)13(18)9-21-14-12(15(19)20)4-3-5-16-14/h3-5,10-11H,6-9H2,1-2H3,(H,19,20)/p-1. The third-order valence-corrected chi connectivity index (χ3v) is 4.54. The van der Waals surface area contributed by atoms with Crippen LogP contribution in [-0.2, 0) is 4.79 Å². The second kappa shape index (κ2) is 6.93. The third kappa shape index (κ3) is 4.20. The maximum atomic E-state index is 12.3. The first-order chi connectivity index (χ1) is 9.97. The van der Waals surface area contributed by atoms with Gasteiger partial charge < -0.3 is 14.8 Å². The number of carboxylic acids is 1.